The molecule has 1 aliphatic heterocycles. The van der Waals surface area contributed by atoms with E-state index in [0.29, 0.717) is 0 Å². The lowest BCUT2D eigenvalue weighted by Crippen LogP contribution is -2.50. The fraction of sp³-hybridized carbons (Fsp3) is 0.833. The van der Waals surface area contributed by atoms with Crippen LogP contribution in [0.2, 0.25) is 0 Å². The average Bonchev–Trinajstić information content (AvgIpc) is 2.39. The topological polar surface area (TPSA) is 52.7 Å². The molecule has 0 spiro atoms. The van der Waals surface area contributed by atoms with Gasteiger partial charge in [-0.2, -0.15) is 11.8 Å². The second-order valence-corrected chi connectivity index (χ2v) is 5.59. The van der Waals surface area contributed by atoms with E-state index in [1.54, 1.807) is 23.7 Å². The van der Waals surface area contributed by atoms with Crippen LogP contribution in [0, 0.1) is 5.92 Å². The standard InChI is InChI=1S/C12H23N3O2S.ClH/c1-10(9-18-3)12(17)14(2)8-11(16)15-6-4-13-5-7-15;/h10,13H,4-9H2,1-3H3;1H. The monoisotopic (exact) mass is 309 g/mol. The number of halogens is 1. The quantitative estimate of drug-likeness (QED) is 0.793. The number of thioether (sulfide) groups is 1. The molecule has 1 aliphatic rings. The Balaban J connectivity index is 0.00000324. The van der Waals surface area contributed by atoms with Gasteiger partial charge in [-0.05, 0) is 6.26 Å². The minimum atomic E-state index is -0.0270. The van der Waals surface area contributed by atoms with Gasteiger partial charge in [0.25, 0.3) is 0 Å². The molecule has 1 saturated heterocycles. The molecular weight excluding hydrogens is 286 g/mol. The second-order valence-electron chi connectivity index (χ2n) is 4.68. The molecule has 19 heavy (non-hydrogen) atoms. The van der Waals surface area contributed by atoms with Crippen LogP contribution >= 0.6 is 24.2 Å². The third-order valence-electron chi connectivity index (χ3n) is 3.06. The molecule has 2 amide bonds. The first-order valence-electron chi connectivity index (χ1n) is 6.28. The van der Waals surface area contributed by atoms with E-state index in [1.807, 2.05) is 18.1 Å². The van der Waals surface area contributed by atoms with Crippen LogP contribution in [0.15, 0.2) is 0 Å². The molecule has 0 radical (unpaired) electrons. The normalized spacial score (nSPS) is 16.5. The van der Waals surface area contributed by atoms with Crippen LogP contribution in [0.5, 0.6) is 0 Å². The molecule has 1 unspecified atom stereocenters. The van der Waals surface area contributed by atoms with Crippen molar-refractivity contribution in [1.29, 1.82) is 0 Å². The van der Waals surface area contributed by atoms with Crippen molar-refractivity contribution in [2.75, 3.05) is 51.8 Å². The number of piperazine rings is 1. The number of amides is 2. The van der Waals surface area contributed by atoms with E-state index in [-0.39, 0.29) is 36.7 Å². The molecule has 1 heterocycles. The molecule has 0 aromatic heterocycles. The maximum atomic E-state index is 12.0. The van der Waals surface area contributed by atoms with Crippen LogP contribution in [0.3, 0.4) is 0 Å². The molecule has 0 aromatic carbocycles. The third-order valence-corrected chi connectivity index (χ3v) is 3.89. The van der Waals surface area contributed by atoms with Crippen molar-refractivity contribution in [3.8, 4) is 0 Å². The molecule has 7 heteroatoms. The summed E-state index contributed by atoms with van der Waals surface area (Å²) in [4.78, 5) is 27.3. The van der Waals surface area contributed by atoms with Crippen LogP contribution in [0.1, 0.15) is 6.92 Å². The fourth-order valence-corrected chi connectivity index (χ4v) is 2.64. The minimum Gasteiger partial charge on any atom is -0.339 e. The largest absolute Gasteiger partial charge is 0.339 e. The van der Waals surface area contributed by atoms with Crippen LogP contribution in [0.25, 0.3) is 0 Å². The van der Waals surface area contributed by atoms with Crippen LogP contribution in [-0.4, -0.2) is 73.4 Å². The van der Waals surface area contributed by atoms with Gasteiger partial charge in [0.15, 0.2) is 0 Å². The predicted octanol–water partition coefficient (Wildman–Crippen LogP) is 0.297. The lowest BCUT2D eigenvalue weighted by atomic mass is 10.2. The molecule has 0 saturated carbocycles. The Morgan fingerprint density at radius 2 is 1.95 bits per heavy atom. The van der Waals surface area contributed by atoms with Gasteiger partial charge in [0.2, 0.25) is 11.8 Å². The van der Waals surface area contributed by atoms with E-state index in [0.717, 1.165) is 31.9 Å². The molecule has 0 aromatic rings. The van der Waals surface area contributed by atoms with Crippen LogP contribution in [-0.2, 0) is 9.59 Å². The molecular formula is C12H24ClN3O2S. The highest BCUT2D eigenvalue weighted by Gasteiger charge is 2.22. The Hall–Kier alpha value is -0.460. The number of hydrogen-bond donors (Lipinski definition) is 1. The third kappa shape index (κ3) is 6.01. The van der Waals surface area contributed by atoms with Crippen molar-refractivity contribution < 1.29 is 9.59 Å². The molecule has 1 N–H and O–H groups in total. The molecule has 5 nitrogen and oxygen atoms in total. The van der Waals surface area contributed by atoms with E-state index >= 15 is 0 Å². The van der Waals surface area contributed by atoms with Gasteiger partial charge in [-0.3, -0.25) is 9.59 Å². The minimum absolute atomic E-state index is 0. The number of carbonyl (C=O) groups is 2. The van der Waals surface area contributed by atoms with Crippen molar-refractivity contribution in [3.63, 3.8) is 0 Å². The zero-order chi connectivity index (χ0) is 13.5. The number of rotatable bonds is 5. The van der Waals surface area contributed by atoms with E-state index in [4.69, 9.17) is 0 Å². The van der Waals surface area contributed by atoms with Crippen LogP contribution < -0.4 is 5.32 Å². The van der Waals surface area contributed by atoms with Gasteiger partial charge in [-0.1, -0.05) is 6.92 Å². The smallest absolute Gasteiger partial charge is 0.242 e. The van der Waals surface area contributed by atoms with Crippen molar-refractivity contribution in [2.45, 2.75) is 6.92 Å². The zero-order valence-electron chi connectivity index (χ0n) is 11.8. The summed E-state index contributed by atoms with van der Waals surface area (Å²) in [5, 5.41) is 3.20. The summed E-state index contributed by atoms with van der Waals surface area (Å²) in [7, 11) is 1.71. The summed E-state index contributed by atoms with van der Waals surface area (Å²) in [6, 6.07) is 0. The number of carbonyl (C=O) groups excluding carboxylic acids is 2. The Bertz CT molecular complexity index is 299. The van der Waals surface area contributed by atoms with Crippen LogP contribution in [0.4, 0.5) is 0 Å². The average molecular weight is 310 g/mol. The van der Waals surface area contributed by atoms with Gasteiger partial charge in [0, 0.05) is 44.9 Å². The Labute approximate surface area is 125 Å². The van der Waals surface area contributed by atoms with Gasteiger partial charge < -0.3 is 15.1 Å². The fourth-order valence-electron chi connectivity index (χ4n) is 1.99. The van der Waals surface area contributed by atoms with Crippen molar-refractivity contribution in [1.82, 2.24) is 15.1 Å². The SMILES string of the molecule is CSCC(C)C(=O)N(C)CC(=O)N1CCNCC1.Cl. The van der Waals surface area contributed by atoms with Gasteiger partial charge in [0.05, 0.1) is 6.54 Å². The number of hydrogen-bond acceptors (Lipinski definition) is 4. The zero-order valence-corrected chi connectivity index (χ0v) is 13.5. The van der Waals surface area contributed by atoms with E-state index < -0.39 is 0 Å². The highest BCUT2D eigenvalue weighted by molar-refractivity contribution is 7.98. The summed E-state index contributed by atoms with van der Waals surface area (Å²) in [6.07, 6.45) is 1.98. The second kappa shape index (κ2) is 9.44. The highest BCUT2D eigenvalue weighted by Crippen LogP contribution is 2.08. The van der Waals surface area contributed by atoms with Crippen molar-refractivity contribution >= 4 is 36.0 Å². The van der Waals surface area contributed by atoms with Gasteiger partial charge in [-0.25, -0.2) is 0 Å². The summed E-state index contributed by atoms with van der Waals surface area (Å²) in [5.74, 6) is 0.864. The highest BCUT2D eigenvalue weighted by atomic mass is 35.5. The van der Waals surface area contributed by atoms with E-state index in [1.165, 1.54) is 0 Å². The molecule has 1 rings (SSSR count). The van der Waals surface area contributed by atoms with Crippen molar-refractivity contribution in [3.05, 3.63) is 0 Å². The first-order valence-corrected chi connectivity index (χ1v) is 7.68. The first kappa shape index (κ1) is 18.5. The molecule has 1 fully saturated rings. The lowest BCUT2D eigenvalue weighted by Gasteiger charge is -2.29. The molecule has 112 valence electrons. The van der Waals surface area contributed by atoms with E-state index in [2.05, 4.69) is 5.32 Å². The Kier molecular flexibility index (Phi) is 9.22. The predicted molar refractivity (Wildman–Crippen MR) is 81.9 cm³/mol. The number of likely N-dealkylation sites (N-methyl/N-ethyl adjacent to an activating group) is 1. The molecule has 0 bridgehead atoms. The van der Waals surface area contributed by atoms with Gasteiger partial charge >= 0.3 is 0 Å². The van der Waals surface area contributed by atoms with E-state index in [9.17, 15) is 9.59 Å². The summed E-state index contributed by atoms with van der Waals surface area (Å²) >= 11 is 1.65. The summed E-state index contributed by atoms with van der Waals surface area (Å²) < 4.78 is 0. The van der Waals surface area contributed by atoms with Gasteiger partial charge in [0.1, 0.15) is 0 Å². The first-order chi connectivity index (χ1) is 8.56. The maximum absolute atomic E-state index is 12.0. The maximum Gasteiger partial charge on any atom is 0.242 e. The molecule has 1 atom stereocenters. The molecule has 0 aliphatic carbocycles. The van der Waals surface area contributed by atoms with Gasteiger partial charge in [-0.15, -0.1) is 12.4 Å². The van der Waals surface area contributed by atoms with Crippen molar-refractivity contribution in [2.24, 2.45) is 5.92 Å². The Morgan fingerprint density at radius 3 is 2.47 bits per heavy atom. The lowest BCUT2D eigenvalue weighted by molar-refractivity contribution is -0.141. The Morgan fingerprint density at radius 1 is 1.37 bits per heavy atom. The summed E-state index contributed by atoms with van der Waals surface area (Å²) in [6.45, 7) is 5.25. The number of nitrogens with zero attached hydrogens (tertiary/aromatic N) is 2. The summed E-state index contributed by atoms with van der Waals surface area (Å²) in [5.41, 5.74) is 0. The number of nitrogens with one attached hydrogen (secondary N) is 1.